The van der Waals surface area contributed by atoms with Crippen molar-refractivity contribution in [3.05, 3.63) is 10.2 Å². The highest BCUT2D eigenvalue weighted by Crippen LogP contribution is 2.30. The van der Waals surface area contributed by atoms with Gasteiger partial charge < -0.3 is 4.74 Å². The summed E-state index contributed by atoms with van der Waals surface area (Å²) in [5, 5.41) is 0. The lowest BCUT2D eigenvalue weighted by Gasteiger charge is -1.92. The molecule has 0 spiro atoms. The Morgan fingerprint density at radius 2 is 2.17 bits per heavy atom. The van der Waals surface area contributed by atoms with E-state index >= 15 is 0 Å². The fourth-order valence-electron chi connectivity index (χ4n) is 1.42. The van der Waals surface area contributed by atoms with E-state index in [-0.39, 0.29) is 0 Å². The van der Waals surface area contributed by atoms with Gasteiger partial charge in [-0.25, -0.2) is 0 Å². The van der Waals surface area contributed by atoms with Crippen molar-refractivity contribution in [1.82, 2.24) is 0 Å². The van der Waals surface area contributed by atoms with Crippen molar-refractivity contribution in [1.29, 1.82) is 0 Å². The summed E-state index contributed by atoms with van der Waals surface area (Å²) in [6.07, 6.45) is 9.71. The zero-order valence-electron chi connectivity index (χ0n) is 7.63. The summed E-state index contributed by atoms with van der Waals surface area (Å²) in [5.74, 6) is 0. The van der Waals surface area contributed by atoms with Gasteiger partial charge in [-0.3, -0.25) is 0 Å². The van der Waals surface area contributed by atoms with Crippen LogP contribution in [0.1, 0.15) is 39.0 Å². The van der Waals surface area contributed by atoms with Gasteiger partial charge >= 0.3 is 0 Å². The summed E-state index contributed by atoms with van der Waals surface area (Å²) in [6, 6.07) is 0. The lowest BCUT2D eigenvalue weighted by molar-refractivity contribution is 0.359. The zero-order valence-corrected chi connectivity index (χ0v) is 9.79. The Morgan fingerprint density at radius 1 is 1.33 bits per heavy atom. The van der Waals surface area contributed by atoms with E-state index in [1.54, 1.807) is 0 Å². The summed E-state index contributed by atoms with van der Waals surface area (Å²) in [6.45, 7) is 2.24. The van der Waals surface area contributed by atoms with Crippen LogP contribution in [0.25, 0.3) is 0 Å². The van der Waals surface area contributed by atoms with Gasteiger partial charge in [-0.2, -0.15) is 0 Å². The minimum atomic E-state index is 0.549. The van der Waals surface area contributed by atoms with Crippen LogP contribution >= 0.6 is 22.6 Å². The van der Waals surface area contributed by atoms with Gasteiger partial charge in [0.2, 0.25) is 0 Å². The number of rotatable bonds is 6. The summed E-state index contributed by atoms with van der Waals surface area (Å²) < 4.78 is 7.58. The lowest BCUT2D eigenvalue weighted by atomic mass is 10.1. The van der Waals surface area contributed by atoms with Crippen LogP contribution in [0.15, 0.2) is 10.2 Å². The third-order valence-corrected chi connectivity index (χ3v) is 2.75. The lowest BCUT2D eigenvalue weighted by Crippen LogP contribution is -1.92. The van der Waals surface area contributed by atoms with Crippen molar-refractivity contribution in [2.75, 3.05) is 0 Å². The molecule has 0 unspecified atom stereocenters. The first-order valence-corrected chi connectivity index (χ1v) is 6.03. The molecule has 70 valence electrons. The van der Waals surface area contributed by atoms with Gasteiger partial charge in [0.1, 0.15) is 0 Å². The molecular weight excluding hydrogens is 263 g/mol. The molecule has 1 aliphatic heterocycles. The largest absolute Gasteiger partial charge is 0.369 e. The molecule has 0 amide bonds. The average Bonchev–Trinajstić information content (AvgIpc) is 2.81. The maximum absolute atomic E-state index is 5.51. The topological polar surface area (TPSA) is 12.5 Å². The zero-order chi connectivity index (χ0) is 8.81. The quantitative estimate of drug-likeness (QED) is 0.411. The SMILES string of the molecule is CCCCC[C@@H]1O[C@@H]1C/C=C\I. The summed E-state index contributed by atoms with van der Waals surface area (Å²) >= 11 is 2.25. The smallest absolute Gasteiger partial charge is 0.0876 e. The van der Waals surface area contributed by atoms with Crippen LogP contribution in [0.3, 0.4) is 0 Å². The first-order chi connectivity index (χ1) is 5.88. The van der Waals surface area contributed by atoms with Crippen molar-refractivity contribution < 1.29 is 4.74 Å². The second-order valence-corrected chi connectivity index (χ2v) is 4.03. The predicted octanol–water partition coefficient (Wildman–Crippen LogP) is 3.67. The molecule has 0 bridgehead atoms. The van der Waals surface area contributed by atoms with Crippen molar-refractivity contribution >= 4 is 22.6 Å². The first kappa shape index (κ1) is 10.5. The highest BCUT2D eigenvalue weighted by molar-refractivity contribution is 14.1. The average molecular weight is 280 g/mol. The number of hydrogen-bond acceptors (Lipinski definition) is 1. The highest BCUT2D eigenvalue weighted by Gasteiger charge is 2.36. The van der Waals surface area contributed by atoms with E-state index in [4.69, 9.17) is 4.74 Å². The number of unbranched alkanes of at least 4 members (excludes halogenated alkanes) is 2. The molecule has 0 aromatic rings. The van der Waals surface area contributed by atoms with Gasteiger partial charge in [0.05, 0.1) is 12.2 Å². The van der Waals surface area contributed by atoms with Crippen LogP contribution in [0.2, 0.25) is 0 Å². The molecule has 0 radical (unpaired) electrons. The number of epoxide rings is 1. The van der Waals surface area contributed by atoms with Crippen LogP contribution in [-0.2, 0) is 4.74 Å². The molecule has 1 nitrogen and oxygen atoms in total. The van der Waals surface area contributed by atoms with E-state index in [0.717, 1.165) is 6.42 Å². The van der Waals surface area contributed by atoms with Crippen LogP contribution < -0.4 is 0 Å². The third-order valence-electron chi connectivity index (χ3n) is 2.24. The van der Waals surface area contributed by atoms with Crippen LogP contribution in [0, 0.1) is 0 Å². The number of halogens is 1. The third kappa shape index (κ3) is 3.90. The number of hydrogen-bond donors (Lipinski definition) is 0. The Morgan fingerprint density at radius 3 is 2.83 bits per heavy atom. The Kier molecular flexibility index (Phi) is 5.23. The molecular formula is C10H17IO. The van der Waals surface area contributed by atoms with E-state index in [1.165, 1.54) is 25.7 Å². The summed E-state index contributed by atoms with van der Waals surface area (Å²) in [4.78, 5) is 0. The Hall–Kier alpha value is 0.430. The van der Waals surface area contributed by atoms with E-state index in [2.05, 4.69) is 39.7 Å². The van der Waals surface area contributed by atoms with Gasteiger partial charge in [-0.1, -0.05) is 54.9 Å². The highest BCUT2D eigenvalue weighted by atomic mass is 127. The molecule has 0 N–H and O–H groups in total. The summed E-state index contributed by atoms with van der Waals surface area (Å²) in [5.41, 5.74) is 0. The van der Waals surface area contributed by atoms with Gasteiger partial charge in [0, 0.05) is 0 Å². The second kappa shape index (κ2) is 5.97. The molecule has 2 atom stereocenters. The maximum Gasteiger partial charge on any atom is 0.0876 e. The molecule has 0 saturated carbocycles. The standard InChI is InChI=1S/C10H17IO/c1-2-3-4-6-9-10(12-9)7-5-8-11/h5,8-10H,2-4,6-7H2,1H3/b8-5-/t9-,10+/m0/s1. The van der Waals surface area contributed by atoms with Crippen molar-refractivity contribution in [3.8, 4) is 0 Å². The fourth-order valence-corrected chi connectivity index (χ4v) is 1.72. The van der Waals surface area contributed by atoms with Crippen molar-refractivity contribution in [2.24, 2.45) is 0 Å². The van der Waals surface area contributed by atoms with Gasteiger partial charge in [0.25, 0.3) is 0 Å². The monoisotopic (exact) mass is 280 g/mol. The van der Waals surface area contributed by atoms with E-state index in [9.17, 15) is 0 Å². The molecule has 1 heterocycles. The fraction of sp³-hybridized carbons (Fsp3) is 0.800. The molecule has 0 aromatic carbocycles. The Labute approximate surface area is 88.7 Å². The first-order valence-electron chi connectivity index (χ1n) is 4.79. The van der Waals surface area contributed by atoms with E-state index in [0.29, 0.717) is 12.2 Å². The minimum absolute atomic E-state index is 0.549. The molecule has 12 heavy (non-hydrogen) atoms. The van der Waals surface area contributed by atoms with Crippen LogP contribution in [-0.4, -0.2) is 12.2 Å². The van der Waals surface area contributed by atoms with Crippen LogP contribution in [0.5, 0.6) is 0 Å². The molecule has 1 aliphatic rings. The van der Waals surface area contributed by atoms with Gasteiger partial charge in [-0.15, -0.1) is 0 Å². The normalized spacial score (nSPS) is 28.2. The van der Waals surface area contributed by atoms with Crippen molar-refractivity contribution in [3.63, 3.8) is 0 Å². The van der Waals surface area contributed by atoms with Gasteiger partial charge in [0.15, 0.2) is 0 Å². The number of ether oxygens (including phenoxy) is 1. The molecule has 1 fully saturated rings. The molecule has 1 saturated heterocycles. The molecule has 0 aromatic heterocycles. The van der Waals surface area contributed by atoms with Crippen LogP contribution in [0.4, 0.5) is 0 Å². The minimum Gasteiger partial charge on any atom is -0.369 e. The van der Waals surface area contributed by atoms with Gasteiger partial charge in [-0.05, 0) is 16.9 Å². The van der Waals surface area contributed by atoms with E-state index in [1.807, 2.05) is 0 Å². The molecule has 0 aliphatic carbocycles. The molecule has 1 rings (SSSR count). The van der Waals surface area contributed by atoms with Crippen molar-refractivity contribution in [2.45, 2.75) is 51.2 Å². The molecule has 2 heteroatoms. The summed E-state index contributed by atoms with van der Waals surface area (Å²) in [7, 11) is 0. The Bertz CT molecular complexity index is 145. The predicted molar refractivity (Wildman–Crippen MR) is 60.6 cm³/mol. The maximum atomic E-state index is 5.51. The second-order valence-electron chi connectivity index (χ2n) is 3.31. The Balaban J connectivity index is 1.93. The van der Waals surface area contributed by atoms with E-state index < -0.39 is 0 Å².